The molecule has 1 atom stereocenters. The van der Waals surface area contributed by atoms with E-state index in [1.807, 2.05) is 42.5 Å². The van der Waals surface area contributed by atoms with E-state index < -0.39 is 10.0 Å². The van der Waals surface area contributed by atoms with Crippen LogP contribution < -0.4 is 0 Å². The molecule has 0 spiro atoms. The third kappa shape index (κ3) is 2.28. The molecule has 17 heavy (non-hydrogen) atoms. The van der Waals surface area contributed by atoms with Gasteiger partial charge in [-0.1, -0.05) is 42.5 Å². The van der Waals surface area contributed by atoms with E-state index in [2.05, 4.69) is 0 Å². The number of hydrogen-bond donors (Lipinski definition) is 0. The molecule has 1 aliphatic rings. The summed E-state index contributed by atoms with van der Waals surface area (Å²) in [6, 6.07) is 9.57. The van der Waals surface area contributed by atoms with Crippen LogP contribution in [0.3, 0.4) is 0 Å². The Kier molecular flexibility index (Phi) is 3.35. The smallest absolute Gasteiger partial charge is 0.212 e. The van der Waals surface area contributed by atoms with Crippen molar-refractivity contribution in [2.24, 2.45) is 0 Å². The van der Waals surface area contributed by atoms with Crippen molar-refractivity contribution in [2.45, 2.75) is 25.1 Å². The van der Waals surface area contributed by atoms with Crippen LogP contribution in [-0.2, 0) is 10.0 Å². The minimum Gasteiger partial charge on any atom is -0.212 e. The molecular formula is C13H17NO2S. The Balaban J connectivity index is 2.33. The molecule has 0 aromatic heterocycles. The summed E-state index contributed by atoms with van der Waals surface area (Å²) in [7, 11) is -3.20. The summed E-state index contributed by atoms with van der Waals surface area (Å²) in [5.41, 5.74) is 1.02. The van der Waals surface area contributed by atoms with Crippen molar-refractivity contribution in [3.63, 3.8) is 0 Å². The van der Waals surface area contributed by atoms with Gasteiger partial charge in [-0.05, 0) is 19.4 Å². The van der Waals surface area contributed by atoms with Crippen LogP contribution in [0.1, 0.15) is 25.5 Å². The van der Waals surface area contributed by atoms with E-state index >= 15 is 0 Å². The number of benzene rings is 1. The average Bonchev–Trinajstić information content (AvgIpc) is 2.79. The van der Waals surface area contributed by atoms with Gasteiger partial charge in [-0.15, -0.1) is 0 Å². The van der Waals surface area contributed by atoms with Crippen molar-refractivity contribution in [2.75, 3.05) is 6.54 Å². The van der Waals surface area contributed by atoms with Gasteiger partial charge in [0, 0.05) is 6.54 Å². The molecule has 1 unspecified atom stereocenters. The summed E-state index contributed by atoms with van der Waals surface area (Å²) >= 11 is 0. The topological polar surface area (TPSA) is 37.4 Å². The van der Waals surface area contributed by atoms with Crippen LogP contribution in [-0.4, -0.2) is 24.5 Å². The molecule has 92 valence electrons. The van der Waals surface area contributed by atoms with Crippen LogP contribution in [0.5, 0.6) is 0 Å². The van der Waals surface area contributed by atoms with Crippen LogP contribution in [0.4, 0.5) is 0 Å². The first-order chi connectivity index (χ1) is 8.03. The Labute approximate surface area is 103 Å². The molecule has 0 amide bonds. The van der Waals surface area contributed by atoms with Crippen molar-refractivity contribution >= 4 is 10.0 Å². The molecular weight excluding hydrogens is 234 g/mol. The van der Waals surface area contributed by atoms with Crippen LogP contribution in [0.25, 0.3) is 0 Å². The maximum atomic E-state index is 12.2. The van der Waals surface area contributed by atoms with Gasteiger partial charge in [-0.2, -0.15) is 4.31 Å². The van der Waals surface area contributed by atoms with E-state index in [-0.39, 0.29) is 11.3 Å². The fourth-order valence-electron chi connectivity index (χ4n) is 1.96. The van der Waals surface area contributed by atoms with Crippen LogP contribution in [0, 0.1) is 0 Å². The molecule has 0 radical (unpaired) electrons. The molecule has 1 aliphatic heterocycles. The van der Waals surface area contributed by atoms with Gasteiger partial charge in [-0.25, -0.2) is 8.42 Å². The molecule has 0 N–H and O–H groups in total. The minimum atomic E-state index is -3.20. The van der Waals surface area contributed by atoms with Gasteiger partial charge in [0.15, 0.2) is 0 Å². The standard InChI is InChI=1S/C13H17NO2S/c1-11(2)17(15,16)14-10-6-9-13(14)12-7-4-3-5-8-12/h3-9,11,13H,10H2,1-2H3. The highest BCUT2D eigenvalue weighted by Gasteiger charge is 2.33. The lowest BCUT2D eigenvalue weighted by Gasteiger charge is -2.26. The first-order valence-electron chi connectivity index (χ1n) is 5.76. The van der Waals surface area contributed by atoms with E-state index in [0.29, 0.717) is 6.54 Å². The number of nitrogens with zero attached hydrogens (tertiary/aromatic N) is 1. The zero-order valence-corrected chi connectivity index (χ0v) is 10.9. The molecule has 1 heterocycles. The Morgan fingerprint density at radius 1 is 1.24 bits per heavy atom. The SMILES string of the molecule is CC(C)S(=O)(=O)N1CC=CC1c1ccccc1. The number of hydrogen-bond acceptors (Lipinski definition) is 2. The van der Waals surface area contributed by atoms with Gasteiger partial charge < -0.3 is 0 Å². The number of sulfonamides is 1. The highest BCUT2D eigenvalue weighted by Crippen LogP contribution is 2.30. The van der Waals surface area contributed by atoms with E-state index in [9.17, 15) is 8.42 Å². The highest BCUT2D eigenvalue weighted by molar-refractivity contribution is 7.89. The Morgan fingerprint density at radius 2 is 1.88 bits per heavy atom. The summed E-state index contributed by atoms with van der Waals surface area (Å²) in [5, 5.41) is -0.381. The zero-order chi connectivity index (χ0) is 12.5. The molecule has 0 bridgehead atoms. The van der Waals surface area contributed by atoms with Crippen molar-refractivity contribution in [3.8, 4) is 0 Å². The molecule has 1 aromatic rings. The lowest BCUT2D eigenvalue weighted by atomic mass is 10.1. The molecule has 4 heteroatoms. The Hall–Kier alpha value is -1.13. The van der Waals surface area contributed by atoms with Gasteiger partial charge in [-0.3, -0.25) is 0 Å². The maximum absolute atomic E-state index is 12.2. The van der Waals surface area contributed by atoms with Crippen molar-refractivity contribution < 1.29 is 8.42 Å². The summed E-state index contributed by atoms with van der Waals surface area (Å²) in [6.07, 6.45) is 3.87. The zero-order valence-electron chi connectivity index (χ0n) is 10.1. The minimum absolute atomic E-state index is 0.149. The van der Waals surface area contributed by atoms with Crippen LogP contribution >= 0.6 is 0 Å². The monoisotopic (exact) mass is 251 g/mol. The Morgan fingerprint density at radius 3 is 2.47 bits per heavy atom. The maximum Gasteiger partial charge on any atom is 0.217 e. The van der Waals surface area contributed by atoms with E-state index in [1.165, 1.54) is 0 Å². The fraction of sp³-hybridized carbons (Fsp3) is 0.385. The third-order valence-corrected chi connectivity index (χ3v) is 5.20. The lowest BCUT2D eigenvalue weighted by molar-refractivity contribution is 0.413. The van der Waals surface area contributed by atoms with Gasteiger partial charge >= 0.3 is 0 Å². The summed E-state index contributed by atoms with van der Waals surface area (Å²) in [5.74, 6) is 0. The second-order valence-electron chi connectivity index (χ2n) is 4.45. The largest absolute Gasteiger partial charge is 0.217 e. The number of rotatable bonds is 3. The predicted octanol–water partition coefficient (Wildman–Crippen LogP) is 2.34. The molecule has 0 saturated heterocycles. The molecule has 0 saturated carbocycles. The highest BCUT2D eigenvalue weighted by atomic mass is 32.2. The van der Waals surface area contributed by atoms with Crippen molar-refractivity contribution in [1.29, 1.82) is 0 Å². The summed E-state index contributed by atoms with van der Waals surface area (Å²) in [4.78, 5) is 0. The van der Waals surface area contributed by atoms with Crippen molar-refractivity contribution in [1.82, 2.24) is 4.31 Å². The van der Waals surface area contributed by atoms with Crippen molar-refractivity contribution in [3.05, 3.63) is 48.0 Å². The molecule has 0 aliphatic carbocycles. The van der Waals surface area contributed by atoms with E-state index in [1.54, 1.807) is 18.2 Å². The first kappa shape index (κ1) is 12.3. The second-order valence-corrected chi connectivity index (χ2v) is 6.89. The summed E-state index contributed by atoms with van der Waals surface area (Å²) < 4.78 is 26.0. The van der Waals surface area contributed by atoms with E-state index in [4.69, 9.17) is 0 Å². The normalized spacial score (nSPS) is 21.2. The molecule has 3 nitrogen and oxygen atoms in total. The van der Waals surface area contributed by atoms with Crippen LogP contribution in [0.2, 0.25) is 0 Å². The molecule has 0 fully saturated rings. The van der Waals surface area contributed by atoms with Gasteiger partial charge in [0.05, 0.1) is 11.3 Å². The predicted molar refractivity (Wildman–Crippen MR) is 69.1 cm³/mol. The van der Waals surface area contributed by atoms with Gasteiger partial charge in [0.1, 0.15) is 0 Å². The van der Waals surface area contributed by atoms with Gasteiger partial charge in [0.25, 0.3) is 0 Å². The van der Waals surface area contributed by atoms with Gasteiger partial charge in [0.2, 0.25) is 10.0 Å². The quantitative estimate of drug-likeness (QED) is 0.773. The molecule has 2 rings (SSSR count). The van der Waals surface area contributed by atoms with Crippen LogP contribution in [0.15, 0.2) is 42.5 Å². The Bertz CT molecular complexity index is 505. The second kappa shape index (κ2) is 4.63. The molecule has 1 aromatic carbocycles. The van der Waals surface area contributed by atoms with E-state index in [0.717, 1.165) is 5.56 Å². The fourth-order valence-corrected chi connectivity index (χ4v) is 3.31. The summed E-state index contributed by atoms with van der Waals surface area (Å²) in [6.45, 7) is 3.91. The lowest BCUT2D eigenvalue weighted by Crippen LogP contribution is -2.36. The average molecular weight is 251 g/mol. The first-order valence-corrected chi connectivity index (χ1v) is 7.26. The third-order valence-electron chi connectivity index (χ3n) is 2.98.